The van der Waals surface area contributed by atoms with Crippen molar-refractivity contribution in [3.63, 3.8) is 0 Å². The zero-order valence-electron chi connectivity index (χ0n) is 7.51. The molecule has 1 heterocycles. The van der Waals surface area contributed by atoms with Crippen molar-refractivity contribution in [1.82, 2.24) is 5.16 Å². The van der Waals surface area contributed by atoms with Gasteiger partial charge in [-0.1, -0.05) is 40.9 Å². The predicted octanol–water partition coefficient (Wildman–Crippen LogP) is 3.61. The second-order valence-electron chi connectivity index (χ2n) is 2.98. The Morgan fingerprint density at radius 2 is 2.42 bits per heavy atom. The minimum Gasteiger partial charge on any atom is -0.360 e. The summed E-state index contributed by atoms with van der Waals surface area (Å²) in [7, 11) is 0. The van der Waals surface area contributed by atoms with Crippen LogP contribution in [0.4, 0.5) is 0 Å². The van der Waals surface area contributed by atoms with E-state index in [4.69, 9.17) is 4.52 Å². The van der Waals surface area contributed by atoms with Gasteiger partial charge < -0.3 is 4.52 Å². The predicted molar refractivity (Wildman–Crippen MR) is 52.4 cm³/mol. The third-order valence-electron chi connectivity index (χ3n) is 1.77. The standard InChI is InChI=1S/C9H14BrNO/c1-3-4-5-8(10)9-6-7(2)11-12-9/h6,8H,3-5H2,1-2H3. The van der Waals surface area contributed by atoms with Crippen LogP contribution < -0.4 is 0 Å². The fourth-order valence-electron chi connectivity index (χ4n) is 1.06. The normalized spacial score (nSPS) is 13.2. The highest BCUT2D eigenvalue weighted by Crippen LogP contribution is 2.28. The highest BCUT2D eigenvalue weighted by molar-refractivity contribution is 9.09. The second kappa shape index (κ2) is 4.65. The number of unbranched alkanes of at least 4 members (excludes halogenated alkanes) is 1. The van der Waals surface area contributed by atoms with Crippen molar-refractivity contribution >= 4 is 15.9 Å². The van der Waals surface area contributed by atoms with Gasteiger partial charge >= 0.3 is 0 Å². The molecule has 0 N–H and O–H groups in total. The first kappa shape index (κ1) is 9.78. The molecule has 68 valence electrons. The lowest BCUT2D eigenvalue weighted by molar-refractivity contribution is 0.375. The molecule has 1 rings (SSSR count). The Morgan fingerprint density at radius 1 is 1.67 bits per heavy atom. The van der Waals surface area contributed by atoms with Crippen molar-refractivity contribution < 1.29 is 4.52 Å². The average molecular weight is 232 g/mol. The summed E-state index contributed by atoms with van der Waals surface area (Å²) in [6.45, 7) is 4.12. The highest BCUT2D eigenvalue weighted by atomic mass is 79.9. The van der Waals surface area contributed by atoms with Gasteiger partial charge in [0.1, 0.15) is 0 Å². The van der Waals surface area contributed by atoms with Crippen molar-refractivity contribution in [3.05, 3.63) is 17.5 Å². The fraction of sp³-hybridized carbons (Fsp3) is 0.667. The molecule has 1 aromatic heterocycles. The van der Waals surface area contributed by atoms with E-state index in [9.17, 15) is 0 Å². The number of nitrogens with zero attached hydrogens (tertiary/aromatic N) is 1. The van der Waals surface area contributed by atoms with Crippen molar-refractivity contribution in [3.8, 4) is 0 Å². The zero-order valence-corrected chi connectivity index (χ0v) is 9.10. The van der Waals surface area contributed by atoms with E-state index < -0.39 is 0 Å². The van der Waals surface area contributed by atoms with Crippen LogP contribution in [0.2, 0.25) is 0 Å². The molecule has 0 spiro atoms. The summed E-state index contributed by atoms with van der Waals surface area (Å²) in [5, 5.41) is 3.84. The first-order chi connectivity index (χ1) is 5.74. The number of aryl methyl sites for hydroxylation is 1. The van der Waals surface area contributed by atoms with E-state index in [0.717, 1.165) is 17.9 Å². The molecule has 0 aliphatic carbocycles. The van der Waals surface area contributed by atoms with Crippen molar-refractivity contribution in [2.75, 3.05) is 0 Å². The summed E-state index contributed by atoms with van der Waals surface area (Å²) in [4.78, 5) is 0.332. The molecular weight excluding hydrogens is 218 g/mol. The maximum absolute atomic E-state index is 5.13. The Bertz CT molecular complexity index is 234. The molecular formula is C9H14BrNO. The molecule has 0 fully saturated rings. The van der Waals surface area contributed by atoms with Gasteiger partial charge in [-0.05, 0) is 13.3 Å². The van der Waals surface area contributed by atoms with E-state index in [1.807, 2.05) is 13.0 Å². The zero-order chi connectivity index (χ0) is 8.97. The summed E-state index contributed by atoms with van der Waals surface area (Å²) >= 11 is 3.57. The first-order valence-corrected chi connectivity index (χ1v) is 5.23. The molecule has 0 saturated carbocycles. The van der Waals surface area contributed by atoms with Crippen LogP contribution in [0.15, 0.2) is 10.6 Å². The van der Waals surface area contributed by atoms with E-state index in [-0.39, 0.29) is 0 Å². The quantitative estimate of drug-likeness (QED) is 0.741. The van der Waals surface area contributed by atoms with Gasteiger partial charge in [-0.2, -0.15) is 0 Å². The van der Waals surface area contributed by atoms with E-state index in [1.165, 1.54) is 12.8 Å². The van der Waals surface area contributed by atoms with Crippen molar-refractivity contribution in [1.29, 1.82) is 0 Å². The van der Waals surface area contributed by atoms with Crippen LogP contribution in [0.25, 0.3) is 0 Å². The van der Waals surface area contributed by atoms with Gasteiger partial charge in [-0.3, -0.25) is 0 Å². The van der Waals surface area contributed by atoms with Gasteiger partial charge in [-0.15, -0.1) is 0 Å². The number of aromatic nitrogens is 1. The molecule has 0 aliphatic rings. The van der Waals surface area contributed by atoms with Gasteiger partial charge in [0.2, 0.25) is 0 Å². The lowest BCUT2D eigenvalue weighted by atomic mass is 10.2. The van der Waals surface area contributed by atoms with Gasteiger partial charge in [-0.25, -0.2) is 0 Å². The lowest BCUT2D eigenvalue weighted by Crippen LogP contribution is -1.86. The summed E-state index contributed by atoms with van der Waals surface area (Å²) in [6.07, 6.45) is 3.55. The van der Waals surface area contributed by atoms with Gasteiger partial charge in [0.05, 0.1) is 10.5 Å². The third kappa shape index (κ3) is 2.63. The number of hydrogen-bond acceptors (Lipinski definition) is 2. The molecule has 0 bridgehead atoms. The van der Waals surface area contributed by atoms with Gasteiger partial charge in [0.25, 0.3) is 0 Å². The summed E-state index contributed by atoms with van der Waals surface area (Å²) in [5.74, 6) is 0.945. The smallest absolute Gasteiger partial charge is 0.150 e. The number of rotatable bonds is 4. The summed E-state index contributed by atoms with van der Waals surface area (Å²) in [6, 6.07) is 1.98. The molecule has 1 unspecified atom stereocenters. The minimum absolute atomic E-state index is 0.332. The van der Waals surface area contributed by atoms with E-state index >= 15 is 0 Å². The average Bonchev–Trinajstić information content (AvgIpc) is 2.47. The Balaban J connectivity index is 2.47. The topological polar surface area (TPSA) is 26.0 Å². The second-order valence-corrected chi connectivity index (χ2v) is 4.09. The van der Waals surface area contributed by atoms with Crippen LogP contribution in [0.5, 0.6) is 0 Å². The number of alkyl halides is 1. The van der Waals surface area contributed by atoms with E-state index in [1.54, 1.807) is 0 Å². The SMILES string of the molecule is CCCCC(Br)c1cc(C)no1. The fourth-order valence-corrected chi connectivity index (χ4v) is 1.60. The molecule has 1 atom stereocenters. The maximum atomic E-state index is 5.13. The van der Waals surface area contributed by atoms with Crippen LogP contribution in [0, 0.1) is 6.92 Å². The maximum Gasteiger partial charge on any atom is 0.150 e. The lowest BCUT2D eigenvalue weighted by Gasteiger charge is -2.02. The number of hydrogen-bond donors (Lipinski definition) is 0. The molecule has 2 nitrogen and oxygen atoms in total. The Labute approximate surface area is 81.5 Å². The molecule has 1 aromatic rings. The Hall–Kier alpha value is -0.310. The monoisotopic (exact) mass is 231 g/mol. The highest BCUT2D eigenvalue weighted by Gasteiger charge is 2.11. The van der Waals surface area contributed by atoms with E-state index in [0.29, 0.717) is 4.83 Å². The molecule has 0 amide bonds. The Morgan fingerprint density at radius 3 is 2.92 bits per heavy atom. The van der Waals surface area contributed by atoms with Crippen LogP contribution >= 0.6 is 15.9 Å². The Kier molecular flexibility index (Phi) is 3.79. The van der Waals surface area contributed by atoms with Gasteiger partial charge in [0, 0.05) is 6.07 Å². The van der Waals surface area contributed by atoms with Crippen LogP contribution in [-0.2, 0) is 0 Å². The first-order valence-electron chi connectivity index (χ1n) is 4.31. The summed E-state index contributed by atoms with van der Waals surface area (Å²) in [5.41, 5.74) is 0.950. The minimum atomic E-state index is 0.332. The molecule has 0 saturated heterocycles. The molecule has 0 aromatic carbocycles. The molecule has 12 heavy (non-hydrogen) atoms. The largest absolute Gasteiger partial charge is 0.360 e. The van der Waals surface area contributed by atoms with Crippen molar-refractivity contribution in [2.45, 2.75) is 37.9 Å². The van der Waals surface area contributed by atoms with Crippen LogP contribution in [-0.4, -0.2) is 5.16 Å². The van der Waals surface area contributed by atoms with Gasteiger partial charge in [0.15, 0.2) is 5.76 Å². The van der Waals surface area contributed by atoms with Crippen LogP contribution in [0.1, 0.15) is 42.5 Å². The summed E-state index contributed by atoms with van der Waals surface area (Å²) < 4.78 is 5.13. The molecule has 0 aliphatic heterocycles. The number of halogens is 1. The van der Waals surface area contributed by atoms with E-state index in [2.05, 4.69) is 28.0 Å². The molecule has 0 radical (unpaired) electrons. The third-order valence-corrected chi connectivity index (χ3v) is 2.68. The molecule has 3 heteroatoms. The van der Waals surface area contributed by atoms with Crippen LogP contribution in [0.3, 0.4) is 0 Å². The van der Waals surface area contributed by atoms with Crippen molar-refractivity contribution in [2.24, 2.45) is 0 Å².